The summed E-state index contributed by atoms with van der Waals surface area (Å²) in [6.45, 7) is 5.45. The van der Waals surface area contributed by atoms with Crippen LogP contribution in [0.2, 0.25) is 0 Å². The molecule has 1 atom stereocenters. The number of amides is 1. The van der Waals surface area contributed by atoms with Gasteiger partial charge in [-0.25, -0.2) is 0 Å². The summed E-state index contributed by atoms with van der Waals surface area (Å²) in [5.74, 6) is 0.419. The highest BCUT2D eigenvalue weighted by Crippen LogP contribution is 2.08. The molecule has 0 aliphatic carbocycles. The van der Waals surface area contributed by atoms with Crippen LogP contribution in [0.4, 0.5) is 0 Å². The lowest BCUT2D eigenvalue weighted by atomic mass is 10.1. The van der Waals surface area contributed by atoms with Crippen LogP contribution in [0, 0.1) is 5.92 Å². The number of carbonyl (C=O) groups is 1. The van der Waals surface area contributed by atoms with Crippen LogP contribution >= 0.6 is 0 Å². The topological polar surface area (TPSA) is 50.4 Å². The fourth-order valence-corrected chi connectivity index (χ4v) is 1.99. The number of hydrogen-bond acceptors (Lipinski definition) is 3. The van der Waals surface area contributed by atoms with Crippen LogP contribution in [0.25, 0.3) is 0 Å². The van der Waals surface area contributed by atoms with E-state index in [9.17, 15) is 4.79 Å². The molecule has 0 aromatic rings. The number of hydrogen-bond donors (Lipinski definition) is 2. The van der Waals surface area contributed by atoms with E-state index in [0.717, 1.165) is 32.5 Å². The molecule has 2 N–H and O–H groups in total. The minimum Gasteiger partial charge on any atom is -0.384 e. The van der Waals surface area contributed by atoms with Crippen molar-refractivity contribution >= 4 is 5.91 Å². The van der Waals surface area contributed by atoms with E-state index in [0.29, 0.717) is 13.0 Å². The highest BCUT2D eigenvalue weighted by molar-refractivity contribution is 5.76. The average molecular weight is 240 g/mol. The van der Waals surface area contributed by atoms with Gasteiger partial charge in [-0.2, -0.15) is 0 Å². The van der Waals surface area contributed by atoms with Crippen molar-refractivity contribution in [1.29, 1.82) is 0 Å². The molecule has 1 heterocycles. The van der Waals surface area contributed by atoms with Crippen molar-refractivity contribution in [2.75, 3.05) is 33.4 Å². The first kappa shape index (κ1) is 14.2. The SMILES string of the molecule is COCC(C)CC(=O)NCCC1=CCNCC1. The normalized spacial score (nSPS) is 17.4. The molecule has 1 aliphatic heterocycles. The summed E-state index contributed by atoms with van der Waals surface area (Å²) in [5, 5.41) is 6.24. The maximum absolute atomic E-state index is 11.6. The van der Waals surface area contributed by atoms with Gasteiger partial charge in [0.1, 0.15) is 0 Å². The van der Waals surface area contributed by atoms with Crippen LogP contribution in [0.1, 0.15) is 26.2 Å². The van der Waals surface area contributed by atoms with Gasteiger partial charge in [-0.1, -0.05) is 18.6 Å². The second-order valence-corrected chi connectivity index (χ2v) is 4.68. The Labute approximate surface area is 104 Å². The van der Waals surface area contributed by atoms with E-state index in [2.05, 4.69) is 16.7 Å². The molecule has 0 saturated heterocycles. The van der Waals surface area contributed by atoms with Crippen molar-refractivity contribution < 1.29 is 9.53 Å². The van der Waals surface area contributed by atoms with Crippen molar-refractivity contribution in [3.8, 4) is 0 Å². The van der Waals surface area contributed by atoms with Crippen molar-refractivity contribution in [3.05, 3.63) is 11.6 Å². The Morgan fingerprint density at radius 1 is 1.65 bits per heavy atom. The Kier molecular flexibility index (Phi) is 6.89. The number of carbonyl (C=O) groups excluding carboxylic acids is 1. The van der Waals surface area contributed by atoms with E-state index in [1.54, 1.807) is 7.11 Å². The fraction of sp³-hybridized carbons (Fsp3) is 0.769. The summed E-state index contributed by atoms with van der Waals surface area (Å²) in [5.41, 5.74) is 1.45. The van der Waals surface area contributed by atoms with Gasteiger partial charge in [0.25, 0.3) is 0 Å². The van der Waals surface area contributed by atoms with Gasteiger partial charge in [0, 0.05) is 33.2 Å². The minimum absolute atomic E-state index is 0.129. The lowest BCUT2D eigenvalue weighted by Gasteiger charge is -2.15. The van der Waals surface area contributed by atoms with Crippen LogP contribution in [0.5, 0.6) is 0 Å². The molecule has 1 amide bonds. The molecular formula is C13H24N2O2. The molecule has 4 heteroatoms. The predicted octanol–water partition coefficient (Wildman–Crippen LogP) is 1.08. The summed E-state index contributed by atoms with van der Waals surface area (Å²) in [6, 6.07) is 0. The second-order valence-electron chi connectivity index (χ2n) is 4.68. The van der Waals surface area contributed by atoms with Crippen LogP contribution < -0.4 is 10.6 Å². The van der Waals surface area contributed by atoms with Gasteiger partial charge in [0.2, 0.25) is 5.91 Å². The molecule has 17 heavy (non-hydrogen) atoms. The smallest absolute Gasteiger partial charge is 0.220 e. The second kappa shape index (κ2) is 8.25. The summed E-state index contributed by atoms with van der Waals surface area (Å²) in [4.78, 5) is 11.6. The fourth-order valence-electron chi connectivity index (χ4n) is 1.99. The number of nitrogens with one attached hydrogen (secondary N) is 2. The third kappa shape index (κ3) is 6.44. The third-order valence-electron chi connectivity index (χ3n) is 2.91. The molecule has 0 fully saturated rings. The molecule has 0 radical (unpaired) electrons. The van der Waals surface area contributed by atoms with E-state index in [1.807, 2.05) is 6.92 Å². The van der Waals surface area contributed by atoms with Crippen LogP contribution in [0.3, 0.4) is 0 Å². The monoisotopic (exact) mass is 240 g/mol. The Morgan fingerprint density at radius 2 is 2.47 bits per heavy atom. The van der Waals surface area contributed by atoms with Crippen molar-refractivity contribution in [2.24, 2.45) is 5.92 Å². The first-order valence-electron chi connectivity index (χ1n) is 6.36. The third-order valence-corrected chi connectivity index (χ3v) is 2.91. The Morgan fingerprint density at radius 3 is 3.12 bits per heavy atom. The minimum atomic E-state index is 0.129. The van der Waals surface area contributed by atoms with Gasteiger partial charge >= 0.3 is 0 Å². The lowest BCUT2D eigenvalue weighted by Crippen LogP contribution is -2.28. The molecule has 0 spiro atoms. The van der Waals surface area contributed by atoms with Crippen molar-refractivity contribution in [1.82, 2.24) is 10.6 Å². The van der Waals surface area contributed by atoms with Crippen LogP contribution in [-0.4, -0.2) is 39.3 Å². The molecule has 0 bridgehead atoms. The Bertz CT molecular complexity index is 264. The summed E-state index contributed by atoms with van der Waals surface area (Å²) >= 11 is 0. The zero-order valence-corrected chi connectivity index (χ0v) is 10.9. The van der Waals surface area contributed by atoms with E-state index in [4.69, 9.17) is 4.74 Å². The number of methoxy groups -OCH3 is 1. The van der Waals surface area contributed by atoms with Crippen LogP contribution in [0.15, 0.2) is 11.6 Å². The molecule has 4 nitrogen and oxygen atoms in total. The van der Waals surface area contributed by atoms with Gasteiger partial charge < -0.3 is 15.4 Å². The van der Waals surface area contributed by atoms with E-state index in [1.165, 1.54) is 5.57 Å². The van der Waals surface area contributed by atoms with E-state index in [-0.39, 0.29) is 11.8 Å². The summed E-state index contributed by atoms with van der Waals surface area (Å²) < 4.78 is 5.01. The molecule has 1 rings (SSSR count). The van der Waals surface area contributed by atoms with E-state index >= 15 is 0 Å². The largest absolute Gasteiger partial charge is 0.384 e. The molecule has 0 aromatic heterocycles. The summed E-state index contributed by atoms with van der Waals surface area (Å²) in [7, 11) is 1.66. The number of rotatable bonds is 7. The molecule has 0 aromatic carbocycles. The summed E-state index contributed by atoms with van der Waals surface area (Å²) in [6.07, 6.45) is 4.86. The molecule has 98 valence electrons. The number of ether oxygens (including phenoxy) is 1. The maximum Gasteiger partial charge on any atom is 0.220 e. The van der Waals surface area contributed by atoms with Crippen molar-refractivity contribution in [3.63, 3.8) is 0 Å². The quantitative estimate of drug-likeness (QED) is 0.655. The van der Waals surface area contributed by atoms with Crippen LogP contribution in [-0.2, 0) is 9.53 Å². The van der Waals surface area contributed by atoms with Crippen molar-refractivity contribution in [2.45, 2.75) is 26.2 Å². The lowest BCUT2D eigenvalue weighted by molar-refractivity contribution is -0.122. The van der Waals surface area contributed by atoms with Gasteiger partial charge in [-0.3, -0.25) is 4.79 Å². The standard InChI is InChI=1S/C13H24N2O2/c1-11(10-17-2)9-13(16)15-8-5-12-3-6-14-7-4-12/h3,11,14H,4-10H2,1-2H3,(H,15,16). The maximum atomic E-state index is 11.6. The molecule has 0 saturated carbocycles. The van der Waals surface area contributed by atoms with Gasteiger partial charge in [-0.05, 0) is 25.3 Å². The highest BCUT2D eigenvalue weighted by atomic mass is 16.5. The first-order chi connectivity index (χ1) is 8.22. The molecule has 1 unspecified atom stereocenters. The Hall–Kier alpha value is -0.870. The Balaban J connectivity index is 2.09. The average Bonchev–Trinajstić information content (AvgIpc) is 2.30. The predicted molar refractivity (Wildman–Crippen MR) is 68.9 cm³/mol. The highest BCUT2D eigenvalue weighted by Gasteiger charge is 2.09. The molecule has 1 aliphatic rings. The zero-order chi connectivity index (χ0) is 12.5. The van der Waals surface area contributed by atoms with Gasteiger partial charge in [-0.15, -0.1) is 0 Å². The first-order valence-corrected chi connectivity index (χ1v) is 6.36. The van der Waals surface area contributed by atoms with Gasteiger partial charge in [0.15, 0.2) is 0 Å². The zero-order valence-electron chi connectivity index (χ0n) is 10.9. The van der Waals surface area contributed by atoms with E-state index < -0.39 is 0 Å². The van der Waals surface area contributed by atoms with Gasteiger partial charge in [0.05, 0.1) is 0 Å². The molecular weight excluding hydrogens is 216 g/mol.